The molecule has 25 heteroatoms. The van der Waals surface area contributed by atoms with Crippen LogP contribution >= 0.6 is 34.7 Å². The third-order valence-corrected chi connectivity index (χ3v) is 11.4. The first-order valence-corrected chi connectivity index (χ1v) is 18.0. The van der Waals surface area contributed by atoms with Crippen molar-refractivity contribution in [2.24, 2.45) is 16.2 Å². The summed E-state index contributed by atoms with van der Waals surface area (Å²) in [6, 6.07) is 1.22. The van der Waals surface area contributed by atoms with Crippen LogP contribution < -0.4 is 16.5 Å². The zero-order valence-electron chi connectivity index (χ0n) is 28.6. The van der Waals surface area contributed by atoms with E-state index in [9.17, 15) is 59.2 Å². The Morgan fingerprint density at radius 1 is 1.15 bits per heavy atom. The number of carbonyl (C=O) groups excluding carboxylic acids is 5. The van der Waals surface area contributed by atoms with E-state index in [0.29, 0.717) is 0 Å². The largest absolute Gasteiger partial charge is 0.504 e. The molecule has 3 atom stereocenters. The van der Waals surface area contributed by atoms with Crippen LogP contribution in [0.25, 0.3) is 0 Å². The second-order valence-corrected chi connectivity index (χ2v) is 15.2. The fraction of sp³-hybridized carbons (Fsp3) is 0.400. The number of ketones is 1. The third kappa shape index (κ3) is 7.72. The minimum absolute atomic E-state index is 0.0210. The number of hydrogen-bond donors (Lipinski definition) is 8. The summed E-state index contributed by atoms with van der Waals surface area (Å²) in [5.74, 6) is -8.33. The lowest BCUT2D eigenvalue weighted by Gasteiger charge is -2.40. The fourth-order valence-electron chi connectivity index (χ4n) is 5.59. The molecular formula is C30H32ClN9O13S2. The van der Waals surface area contributed by atoms with E-state index in [-0.39, 0.29) is 36.0 Å². The monoisotopic (exact) mass is 825 g/mol. The quantitative estimate of drug-likeness (QED) is 0.0379. The first-order valence-electron chi connectivity index (χ1n) is 15.9. The molecule has 1 aromatic carbocycles. The molecule has 3 saturated heterocycles. The number of phenolic OH excluding ortho intramolecular Hbond substituents is 2. The van der Waals surface area contributed by atoms with Crippen molar-refractivity contribution >= 4 is 92.7 Å². The normalized spacial score (nSPS) is 21.3. The summed E-state index contributed by atoms with van der Waals surface area (Å²) in [6.07, 6.45) is -0.891. The first kappa shape index (κ1) is 40.3. The number of fused-ring (bicyclic) bond motifs is 1. The maximum absolute atomic E-state index is 13.5. The Morgan fingerprint density at radius 2 is 1.85 bits per heavy atom. The Hall–Kier alpha value is -5.88. The predicted molar refractivity (Wildman–Crippen MR) is 190 cm³/mol. The Balaban J connectivity index is 1.20. The van der Waals surface area contributed by atoms with Gasteiger partial charge in [0, 0.05) is 36.9 Å². The molecule has 9 N–H and O–H groups in total. The number of hydrazine groups is 1. The standard InChI is InChI=1S/C30H32ClN9O13S2/c1-29(2,25(47)48)53-37-20(14-10-54-27(32)34-14)16(42)9-13-23(46)38-11-30(26(49)50,55-24(13)38)39-7-8-40(28(39)51)35-17(43)5-6-33-22(45)19(36-52)12-3-4-15(41)21(44)18(12)31/h3-4,10,13,24,41,44,52H,5-9,11H2,1-2H3,(H2,32,34)(H,33,45)(H,35,43)(H,47,48)(H,49,50)/b36-19-,37-20-/t13-,24-,30-/m1/s1. The molecule has 5 rings (SSSR count). The highest BCUT2D eigenvalue weighted by molar-refractivity contribution is 8.02. The summed E-state index contributed by atoms with van der Waals surface area (Å²) in [5.41, 5.74) is 4.93. The van der Waals surface area contributed by atoms with Crippen molar-refractivity contribution in [2.45, 2.75) is 42.5 Å². The number of oxime groups is 2. The minimum atomic E-state index is -2.00. The van der Waals surface area contributed by atoms with Gasteiger partial charge in [0.05, 0.1) is 29.4 Å². The van der Waals surface area contributed by atoms with Gasteiger partial charge in [-0.1, -0.05) is 33.7 Å². The molecule has 3 fully saturated rings. The highest BCUT2D eigenvalue weighted by Gasteiger charge is 2.66. The van der Waals surface area contributed by atoms with Gasteiger partial charge in [0.25, 0.3) is 5.91 Å². The Morgan fingerprint density at radius 3 is 2.47 bits per heavy atom. The smallest absolute Gasteiger partial charge is 0.350 e. The van der Waals surface area contributed by atoms with Crippen LogP contribution in [-0.4, -0.2) is 140 Å². The number of halogens is 1. The number of carboxylic acid groups (broad SMARTS) is 2. The number of nitrogen functional groups attached to an aromatic ring is 1. The lowest BCUT2D eigenvalue weighted by molar-refractivity contribution is -0.161. The number of amides is 5. The van der Waals surface area contributed by atoms with Crippen molar-refractivity contribution in [1.82, 2.24) is 30.5 Å². The molecule has 22 nitrogen and oxygen atoms in total. The maximum atomic E-state index is 13.5. The zero-order valence-corrected chi connectivity index (χ0v) is 31.0. The number of hydrogen-bond acceptors (Lipinski definition) is 17. The average molecular weight is 826 g/mol. The molecule has 3 aliphatic rings. The number of thiazole rings is 1. The Bertz CT molecular complexity index is 2040. The lowest BCUT2D eigenvalue weighted by Crippen LogP contribution is -2.60. The van der Waals surface area contributed by atoms with Gasteiger partial charge in [-0.3, -0.25) is 29.5 Å². The van der Waals surface area contributed by atoms with Crippen LogP contribution in [0.15, 0.2) is 27.8 Å². The number of rotatable bonds is 15. The van der Waals surface area contributed by atoms with E-state index in [1.54, 1.807) is 0 Å². The molecule has 0 saturated carbocycles. The number of aromatic nitrogens is 1. The lowest BCUT2D eigenvalue weighted by atomic mass is 9.90. The van der Waals surface area contributed by atoms with E-state index in [2.05, 4.69) is 26.0 Å². The first-order chi connectivity index (χ1) is 25.8. The number of Topliss-reactive ketones (excluding diaryl/α,β-unsaturated/α-hetero) is 1. The number of nitrogens with one attached hydrogen (secondary N) is 2. The number of aliphatic carboxylic acids is 2. The molecule has 0 aliphatic carbocycles. The number of carbonyl (C=O) groups is 7. The molecule has 3 aliphatic heterocycles. The number of carboxylic acids is 2. The Labute approximate surface area is 322 Å². The van der Waals surface area contributed by atoms with Gasteiger partial charge in [-0.15, -0.1) is 11.3 Å². The summed E-state index contributed by atoms with van der Waals surface area (Å²) in [4.78, 5) is 99.1. The zero-order chi connectivity index (χ0) is 40.6. The van der Waals surface area contributed by atoms with Crippen LogP contribution in [0.4, 0.5) is 9.93 Å². The number of anilines is 1. The SMILES string of the molecule is CC(C)(O/N=C(\C(=O)C[C@@H]1C(=O)N2C[C@@](C(=O)O)(N3CCN(NC(=O)CCNC(=O)/C(=N\O)c4ccc(O)c(O)c4Cl)C3=O)S[C@H]12)c1csc(N)n1)C(=O)O. The second kappa shape index (κ2) is 15.5. The van der Waals surface area contributed by atoms with Crippen molar-refractivity contribution in [3.05, 3.63) is 33.8 Å². The molecule has 4 heterocycles. The van der Waals surface area contributed by atoms with Crippen LogP contribution in [0.1, 0.15) is 37.9 Å². The number of nitrogens with two attached hydrogens (primary N) is 1. The molecule has 1 aromatic heterocycles. The van der Waals surface area contributed by atoms with Crippen molar-refractivity contribution < 1.29 is 64.0 Å². The van der Waals surface area contributed by atoms with Gasteiger partial charge in [0.15, 0.2) is 33.8 Å². The summed E-state index contributed by atoms with van der Waals surface area (Å²) < 4.78 is 0. The van der Waals surface area contributed by atoms with Gasteiger partial charge in [-0.2, -0.15) is 0 Å². The number of benzene rings is 1. The van der Waals surface area contributed by atoms with Crippen molar-refractivity contribution in [1.29, 1.82) is 0 Å². The van der Waals surface area contributed by atoms with Crippen molar-refractivity contribution in [3.8, 4) is 11.5 Å². The Kier molecular flexibility index (Phi) is 11.3. The molecule has 5 amide bonds. The van der Waals surface area contributed by atoms with Crippen molar-refractivity contribution in [3.63, 3.8) is 0 Å². The molecule has 0 bridgehead atoms. The van der Waals surface area contributed by atoms with Crippen LogP contribution in [0.3, 0.4) is 0 Å². The number of urea groups is 1. The van der Waals surface area contributed by atoms with E-state index < -0.39 is 111 Å². The highest BCUT2D eigenvalue weighted by Crippen LogP contribution is 2.53. The maximum Gasteiger partial charge on any atom is 0.350 e. The highest BCUT2D eigenvalue weighted by atomic mass is 35.5. The average Bonchev–Trinajstić information content (AvgIpc) is 3.83. The molecule has 0 unspecified atom stereocenters. The number of phenols is 2. The van der Waals surface area contributed by atoms with Crippen LogP contribution in [0.2, 0.25) is 5.02 Å². The van der Waals surface area contributed by atoms with Gasteiger partial charge < -0.3 is 46.4 Å². The van der Waals surface area contributed by atoms with Crippen LogP contribution in [0, 0.1) is 5.92 Å². The minimum Gasteiger partial charge on any atom is -0.504 e. The van der Waals surface area contributed by atoms with Crippen molar-refractivity contribution in [2.75, 3.05) is 31.9 Å². The summed E-state index contributed by atoms with van der Waals surface area (Å²) in [6.45, 7) is 1.30. The number of aromatic hydroxyl groups is 2. The van der Waals surface area contributed by atoms with E-state index in [4.69, 9.17) is 22.2 Å². The van der Waals surface area contributed by atoms with Gasteiger partial charge in [0.2, 0.25) is 22.3 Å². The van der Waals surface area contributed by atoms with Crippen LogP contribution in [-0.2, 0) is 33.6 Å². The molecule has 2 aromatic rings. The van der Waals surface area contributed by atoms with Gasteiger partial charge in [0.1, 0.15) is 5.69 Å². The predicted octanol–water partition coefficient (Wildman–Crippen LogP) is -0.201. The molecule has 55 heavy (non-hydrogen) atoms. The van der Waals surface area contributed by atoms with E-state index >= 15 is 0 Å². The van der Waals surface area contributed by atoms with Crippen LogP contribution in [0.5, 0.6) is 11.5 Å². The van der Waals surface area contributed by atoms with Gasteiger partial charge >= 0.3 is 18.0 Å². The molecular weight excluding hydrogens is 794 g/mol. The number of nitrogens with zero attached hydrogens (tertiary/aromatic N) is 6. The third-order valence-electron chi connectivity index (χ3n) is 8.61. The summed E-state index contributed by atoms with van der Waals surface area (Å²) in [5, 5.41) is 58.4. The number of β-lactam (4-membered cyclic amide) rings is 1. The number of thioether (sulfide) groups is 1. The summed E-state index contributed by atoms with van der Waals surface area (Å²) >= 11 is 7.67. The molecule has 0 radical (unpaired) electrons. The fourth-order valence-corrected chi connectivity index (χ4v) is 8.08. The van der Waals surface area contributed by atoms with E-state index in [0.717, 1.165) is 45.1 Å². The van der Waals surface area contributed by atoms with Gasteiger partial charge in [-0.05, 0) is 26.0 Å². The second-order valence-electron chi connectivity index (χ2n) is 12.6. The topological polar surface area (TPSA) is 327 Å². The van der Waals surface area contributed by atoms with Gasteiger partial charge in [-0.25, -0.2) is 24.4 Å². The molecule has 0 spiro atoms. The summed E-state index contributed by atoms with van der Waals surface area (Å²) in [7, 11) is 0. The van der Waals surface area contributed by atoms with E-state index in [1.807, 2.05) is 0 Å². The van der Waals surface area contributed by atoms with E-state index in [1.165, 1.54) is 24.1 Å². The molecule has 294 valence electrons.